The molecule has 1 aromatic rings. The average molecular weight is 298 g/mol. The molecule has 114 valence electrons. The van der Waals surface area contributed by atoms with Crippen molar-refractivity contribution in [2.45, 2.75) is 51.0 Å². The fourth-order valence-corrected chi connectivity index (χ4v) is 2.79. The van der Waals surface area contributed by atoms with Gasteiger partial charge in [0.15, 0.2) is 0 Å². The molecule has 0 atom stereocenters. The third kappa shape index (κ3) is 6.50. The molecular weight excluding hydrogens is 272 g/mol. The van der Waals surface area contributed by atoms with E-state index in [0.29, 0.717) is 11.4 Å². The molecule has 0 heterocycles. The summed E-state index contributed by atoms with van der Waals surface area (Å²) in [7, 11) is -3.36. The number of nitrogens with one attached hydrogen (secondary N) is 2. The molecule has 0 aliphatic rings. The van der Waals surface area contributed by atoms with Gasteiger partial charge >= 0.3 is 0 Å². The van der Waals surface area contributed by atoms with E-state index in [1.807, 2.05) is 19.1 Å². The maximum atomic E-state index is 12.0. The highest BCUT2D eigenvalue weighted by Gasteiger charge is 2.12. The molecule has 2 N–H and O–H groups in total. The molecule has 4 nitrogen and oxygen atoms in total. The molecule has 0 fully saturated rings. The lowest BCUT2D eigenvalue weighted by Crippen LogP contribution is -2.36. The van der Waals surface area contributed by atoms with Gasteiger partial charge in [-0.2, -0.15) is 0 Å². The first-order valence-corrected chi connectivity index (χ1v) is 8.50. The van der Waals surface area contributed by atoms with Crippen LogP contribution >= 0.6 is 0 Å². The topological polar surface area (TPSA) is 58.2 Å². The van der Waals surface area contributed by atoms with Gasteiger partial charge < -0.3 is 5.32 Å². The van der Waals surface area contributed by atoms with Crippen molar-refractivity contribution < 1.29 is 8.42 Å². The van der Waals surface area contributed by atoms with E-state index < -0.39 is 10.0 Å². The number of hydrogen-bond donors (Lipinski definition) is 2. The van der Waals surface area contributed by atoms with Gasteiger partial charge in [0.05, 0.1) is 4.90 Å². The lowest BCUT2D eigenvalue weighted by atomic mass is 10.1. The highest BCUT2D eigenvalue weighted by atomic mass is 32.2. The molecular formula is C15H26N2O2S. The number of rotatable bonds is 7. The van der Waals surface area contributed by atoms with Crippen molar-refractivity contribution in [2.24, 2.45) is 0 Å². The second-order valence-electron chi connectivity index (χ2n) is 6.09. The summed E-state index contributed by atoms with van der Waals surface area (Å²) in [6, 6.07) is 6.89. The summed E-state index contributed by atoms with van der Waals surface area (Å²) in [6.45, 7) is 9.66. The van der Waals surface area contributed by atoms with E-state index in [1.165, 1.54) is 0 Å². The van der Waals surface area contributed by atoms with Crippen molar-refractivity contribution in [3.05, 3.63) is 29.8 Å². The maximum Gasteiger partial charge on any atom is 0.240 e. The van der Waals surface area contributed by atoms with Gasteiger partial charge in [0.1, 0.15) is 0 Å². The molecule has 0 bridgehead atoms. The monoisotopic (exact) mass is 298 g/mol. The lowest BCUT2D eigenvalue weighted by Gasteiger charge is -2.20. The largest absolute Gasteiger partial charge is 0.312 e. The zero-order valence-electron chi connectivity index (χ0n) is 12.9. The summed E-state index contributed by atoms with van der Waals surface area (Å²) in [5.41, 5.74) is 1.17. The molecule has 0 radical (unpaired) electrons. The predicted molar refractivity (Wildman–Crippen MR) is 83.4 cm³/mol. The van der Waals surface area contributed by atoms with Gasteiger partial charge in [0.2, 0.25) is 10.0 Å². The van der Waals surface area contributed by atoms with Crippen LogP contribution in [0.5, 0.6) is 0 Å². The Morgan fingerprint density at radius 3 is 2.10 bits per heavy atom. The zero-order chi connectivity index (χ0) is 15.2. The van der Waals surface area contributed by atoms with Gasteiger partial charge in [-0.3, -0.25) is 0 Å². The van der Waals surface area contributed by atoms with Crippen molar-refractivity contribution in [3.63, 3.8) is 0 Å². The molecule has 5 heteroatoms. The first kappa shape index (κ1) is 17.1. The van der Waals surface area contributed by atoms with Crippen molar-refractivity contribution in [1.29, 1.82) is 0 Å². The van der Waals surface area contributed by atoms with E-state index in [9.17, 15) is 8.42 Å². The van der Waals surface area contributed by atoms with E-state index in [2.05, 4.69) is 30.8 Å². The number of unbranched alkanes of at least 4 members (excludes halogenated alkanes) is 1. The molecule has 0 unspecified atom stereocenters. The summed E-state index contributed by atoms with van der Waals surface area (Å²) in [5.74, 6) is 0. The summed E-state index contributed by atoms with van der Waals surface area (Å²) >= 11 is 0. The summed E-state index contributed by atoms with van der Waals surface area (Å²) in [4.78, 5) is 0.330. The number of hydrogen-bond acceptors (Lipinski definition) is 3. The highest BCUT2D eigenvalue weighted by molar-refractivity contribution is 7.89. The van der Waals surface area contributed by atoms with E-state index in [-0.39, 0.29) is 5.54 Å². The quantitative estimate of drug-likeness (QED) is 0.760. The third-order valence-electron chi connectivity index (χ3n) is 2.88. The van der Waals surface area contributed by atoms with Crippen molar-refractivity contribution in [3.8, 4) is 0 Å². The Hall–Kier alpha value is -0.910. The number of sulfonamides is 1. The first-order chi connectivity index (χ1) is 9.21. The molecule has 0 aromatic heterocycles. The van der Waals surface area contributed by atoms with Crippen molar-refractivity contribution >= 4 is 10.0 Å². The molecule has 1 rings (SSSR count). The Morgan fingerprint density at radius 1 is 1.00 bits per heavy atom. The SMILES string of the molecule is Cc1ccc(S(=O)(=O)NCCCCNC(C)(C)C)cc1. The van der Waals surface area contributed by atoms with Crippen LogP contribution in [0.15, 0.2) is 29.2 Å². The van der Waals surface area contributed by atoms with Crippen LogP contribution < -0.4 is 10.0 Å². The molecule has 0 saturated heterocycles. The van der Waals surface area contributed by atoms with E-state index in [1.54, 1.807) is 12.1 Å². The summed E-state index contributed by atoms with van der Waals surface area (Å²) in [5, 5.41) is 3.38. The summed E-state index contributed by atoms with van der Waals surface area (Å²) in [6.07, 6.45) is 1.78. The third-order valence-corrected chi connectivity index (χ3v) is 4.36. The van der Waals surface area contributed by atoms with Crippen LogP contribution in [0.2, 0.25) is 0 Å². The fraction of sp³-hybridized carbons (Fsp3) is 0.600. The molecule has 0 spiro atoms. The van der Waals surface area contributed by atoms with Crippen LogP contribution in [0.1, 0.15) is 39.2 Å². The molecule has 20 heavy (non-hydrogen) atoms. The fourth-order valence-electron chi connectivity index (χ4n) is 1.72. The minimum atomic E-state index is -3.36. The Labute approximate surface area is 123 Å². The van der Waals surface area contributed by atoms with Gasteiger partial charge in [-0.15, -0.1) is 0 Å². The van der Waals surface area contributed by atoms with Crippen LogP contribution in [0.4, 0.5) is 0 Å². The van der Waals surface area contributed by atoms with Crippen LogP contribution in [0.3, 0.4) is 0 Å². The Morgan fingerprint density at radius 2 is 1.55 bits per heavy atom. The normalized spacial score (nSPS) is 12.6. The second kappa shape index (κ2) is 7.20. The molecule has 0 saturated carbocycles. The van der Waals surface area contributed by atoms with E-state index >= 15 is 0 Å². The Bertz CT molecular complexity index is 502. The minimum Gasteiger partial charge on any atom is -0.312 e. The zero-order valence-corrected chi connectivity index (χ0v) is 13.7. The Kier molecular flexibility index (Phi) is 6.17. The van der Waals surface area contributed by atoms with E-state index in [4.69, 9.17) is 0 Å². The highest BCUT2D eigenvalue weighted by Crippen LogP contribution is 2.09. The average Bonchev–Trinajstić information content (AvgIpc) is 2.33. The molecule has 1 aromatic carbocycles. The minimum absolute atomic E-state index is 0.113. The smallest absolute Gasteiger partial charge is 0.240 e. The summed E-state index contributed by atoms with van der Waals surface area (Å²) < 4.78 is 26.7. The van der Waals surface area contributed by atoms with Crippen LogP contribution in [0, 0.1) is 6.92 Å². The van der Waals surface area contributed by atoms with Gasteiger partial charge in [0.25, 0.3) is 0 Å². The first-order valence-electron chi connectivity index (χ1n) is 7.02. The van der Waals surface area contributed by atoms with Crippen molar-refractivity contribution in [2.75, 3.05) is 13.1 Å². The lowest BCUT2D eigenvalue weighted by molar-refractivity contribution is 0.418. The van der Waals surface area contributed by atoms with Gasteiger partial charge in [0, 0.05) is 12.1 Å². The predicted octanol–water partition coefficient (Wildman–Crippen LogP) is 2.44. The van der Waals surface area contributed by atoms with Crippen LogP contribution in [0.25, 0.3) is 0 Å². The number of benzene rings is 1. The Balaban J connectivity index is 2.32. The van der Waals surface area contributed by atoms with Gasteiger partial charge in [-0.05, 0) is 59.2 Å². The molecule has 0 aliphatic heterocycles. The van der Waals surface area contributed by atoms with Crippen LogP contribution in [-0.2, 0) is 10.0 Å². The van der Waals surface area contributed by atoms with Crippen LogP contribution in [-0.4, -0.2) is 27.0 Å². The van der Waals surface area contributed by atoms with Crippen molar-refractivity contribution in [1.82, 2.24) is 10.0 Å². The molecule has 0 amide bonds. The van der Waals surface area contributed by atoms with Gasteiger partial charge in [-0.1, -0.05) is 17.7 Å². The number of aryl methyl sites for hydroxylation is 1. The second-order valence-corrected chi connectivity index (χ2v) is 7.86. The standard InChI is InChI=1S/C15H26N2O2S/c1-13-7-9-14(10-8-13)20(18,19)17-12-6-5-11-16-15(2,3)4/h7-10,16-17H,5-6,11-12H2,1-4H3. The molecule has 0 aliphatic carbocycles. The maximum absolute atomic E-state index is 12.0. The van der Waals surface area contributed by atoms with E-state index in [0.717, 1.165) is 24.9 Å². The van der Waals surface area contributed by atoms with Gasteiger partial charge in [-0.25, -0.2) is 13.1 Å².